The van der Waals surface area contributed by atoms with Gasteiger partial charge in [0.25, 0.3) is 0 Å². The summed E-state index contributed by atoms with van der Waals surface area (Å²) in [6.07, 6.45) is 1.02. The molecule has 0 spiro atoms. The Morgan fingerprint density at radius 2 is 1.08 bits per heavy atom. The van der Waals surface area contributed by atoms with Crippen molar-refractivity contribution in [3.63, 3.8) is 0 Å². The standard InChI is InChI=1S/C21H13.C19H22.C5H5.2ClH.Zr/c1-2-8-15-14(7-1)13-20-18-11-4-3-9-16(18)17-10-5-6-12-19(17)21(15)20;1-18(2,16-11-7-5-8-12-16)15-19(3,4)17-13-9-6-10-14-17;1-2-4-5-3-1;;;/h1-10,12H,13H2;5-14H,1-4H3;1-5H;2*1H;/q-1;;-1;;;+2/p-2. The largest absolute Gasteiger partial charge is 1.00 e. The molecule has 0 saturated heterocycles. The summed E-state index contributed by atoms with van der Waals surface area (Å²) >= 11 is 1.51. The first-order valence-electron chi connectivity index (χ1n) is 16.1. The van der Waals surface area contributed by atoms with Gasteiger partial charge in [-0.25, -0.2) is 12.1 Å². The van der Waals surface area contributed by atoms with E-state index in [1.54, 1.807) is 3.21 Å². The number of benzene rings is 6. The van der Waals surface area contributed by atoms with Crippen molar-refractivity contribution in [2.45, 2.75) is 44.9 Å². The predicted octanol–water partition coefficient (Wildman–Crippen LogP) is 5.44. The number of fused-ring (bicyclic) bond motifs is 8. The van der Waals surface area contributed by atoms with Crippen LogP contribution < -0.4 is 24.8 Å². The summed E-state index contributed by atoms with van der Waals surface area (Å²) in [5, 5.41) is 5.30. The van der Waals surface area contributed by atoms with E-state index in [2.05, 4.69) is 155 Å². The molecule has 1 aliphatic rings. The summed E-state index contributed by atoms with van der Waals surface area (Å²) in [5.74, 6) is 0. The summed E-state index contributed by atoms with van der Waals surface area (Å²) in [6.45, 7) is 9.38. The van der Waals surface area contributed by atoms with E-state index in [1.165, 1.54) is 79.2 Å². The smallest absolute Gasteiger partial charge is 0.0240 e. The first-order chi connectivity index (χ1) is 22.3. The first kappa shape index (κ1) is 37.3. The van der Waals surface area contributed by atoms with Crippen LogP contribution in [0.2, 0.25) is 0 Å². The summed E-state index contributed by atoms with van der Waals surface area (Å²) < 4.78 is 1.58. The minimum absolute atomic E-state index is 0. The van der Waals surface area contributed by atoms with Crippen LogP contribution in [-0.2, 0) is 41.5 Å². The van der Waals surface area contributed by atoms with Gasteiger partial charge in [-0.15, -0.1) is 40.6 Å². The Bertz CT molecular complexity index is 2000. The summed E-state index contributed by atoms with van der Waals surface area (Å²) in [7, 11) is 0. The van der Waals surface area contributed by atoms with Crippen LogP contribution in [0.5, 0.6) is 0 Å². The topological polar surface area (TPSA) is 0 Å². The van der Waals surface area contributed by atoms with Gasteiger partial charge >= 0.3 is 138 Å². The fourth-order valence-corrected chi connectivity index (χ4v) is 7.54. The normalized spacial score (nSPS) is 11.5. The fourth-order valence-electron chi connectivity index (χ4n) is 6.83. The van der Waals surface area contributed by atoms with E-state index in [4.69, 9.17) is 0 Å². The second-order valence-corrected chi connectivity index (χ2v) is 14.2. The molecule has 0 heterocycles. The average Bonchev–Trinajstić information content (AvgIpc) is 3.82. The Balaban J connectivity index is 0.000000183. The number of hydrogen-bond acceptors (Lipinski definition) is 0. The van der Waals surface area contributed by atoms with Gasteiger partial charge in [-0.05, 0) is 28.5 Å². The molecule has 8 rings (SSSR count). The Morgan fingerprint density at radius 3 is 1.65 bits per heavy atom. The van der Waals surface area contributed by atoms with Gasteiger partial charge < -0.3 is 24.8 Å². The van der Waals surface area contributed by atoms with E-state index < -0.39 is 0 Å². The molecule has 1 aliphatic carbocycles. The second kappa shape index (κ2) is 16.3. The van der Waals surface area contributed by atoms with Crippen molar-refractivity contribution in [3.8, 4) is 11.1 Å². The fraction of sp³-hybridized carbons (Fsp3) is 0.156. The quantitative estimate of drug-likeness (QED) is 0.167. The molecule has 0 N–H and O–H groups in total. The molecule has 0 bridgehead atoms. The molecule has 3 heteroatoms. The van der Waals surface area contributed by atoms with E-state index >= 15 is 0 Å². The van der Waals surface area contributed by atoms with Crippen LogP contribution in [-0.4, -0.2) is 3.21 Å². The molecule has 0 aromatic heterocycles. The average molecular weight is 743 g/mol. The molecular weight excluding hydrogens is 703 g/mol. The van der Waals surface area contributed by atoms with Crippen LogP contribution in [0.15, 0.2) is 158 Å². The molecule has 0 saturated carbocycles. The minimum Gasteiger partial charge on any atom is -1.00 e. The third-order valence-corrected chi connectivity index (χ3v) is 12.5. The monoisotopic (exact) mass is 740 g/mol. The number of halogens is 2. The number of hydrogen-bond donors (Lipinski definition) is 0. The Labute approximate surface area is 313 Å². The van der Waals surface area contributed by atoms with Crippen molar-refractivity contribution in [2.75, 3.05) is 0 Å². The van der Waals surface area contributed by atoms with Gasteiger partial charge in [-0.1, -0.05) is 53.9 Å². The predicted molar refractivity (Wildman–Crippen MR) is 195 cm³/mol. The summed E-state index contributed by atoms with van der Waals surface area (Å²) in [4.78, 5) is 0. The van der Waals surface area contributed by atoms with Crippen LogP contribution in [0.1, 0.15) is 49.9 Å². The van der Waals surface area contributed by atoms with Crippen LogP contribution in [0.25, 0.3) is 32.7 Å². The first-order valence-corrected chi connectivity index (χ1v) is 17.3. The molecule has 240 valence electrons. The van der Waals surface area contributed by atoms with Crippen molar-refractivity contribution in [1.29, 1.82) is 0 Å². The zero-order valence-electron chi connectivity index (χ0n) is 28.0. The molecule has 48 heavy (non-hydrogen) atoms. The van der Waals surface area contributed by atoms with Gasteiger partial charge in [0, 0.05) is 0 Å². The minimum atomic E-state index is 0. The van der Waals surface area contributed by atoms with Gasteiger partial charge in [0.2, 0.25) is 0 Å². The second-order valence-electron chi connectivity index (χ2n) is 13.0. The Kier molecular flexibility index (Phi) is 12.7. The van der Waals surface area contributed by atoms with Crippen LogP contribution in [0.3, 0.4) is 0 Å². The van der Waals surface area contributed by atoms with Crippen molar-refractivity contribution >= 4 is 24.8 Å². The SMILES string of the molecule is CC(C)([C](=[Zr+2])C(C)(C)c1ccccc1)c1ccccc1.[Cl-].[Cl-].[c-]1cccc2c1c1c(c3ccccc32)-c2ccccc2C1.c1cc[cH-]c1. The zero-order chi connectivity index (χ0) is 32.1. The maximum atomic E-state index is 3.48. The molecule has 0 nitrogen and oxygen atoms in total. The van der Waals surface area contributed by atoms with E-state index in [9.17, 15) is 0 Å². The van der Waals surface area contributed by atoms with E-state index in [0.29, 0.717) is 0 Å². The molecule has 0 amide bonds. The number of rotatable bonds is 4. The maximum Gasteiger partial charge on any atom is -0.0240 e. The molecule has 0 radical (unpaired) electrons. The van der Waals surface area contributed by atoms with E-state index in [1.807, 2.05) is 36.4 Å². The molecule has 0 aliphatic heterocycles. The van der Waals surface area contributed by atoms with Gasteiger partial charge in [0.05, 0.1) is 0 Å². The summed E-state index contributed by atoms with van der Waals surface area (Å²) in [5.41, 5.74) is 8.66. The van der Waals surface area contributed by atoms with Crippen LogP contribution in [0.4, 0.5) is 0 Å². The van der Waals surface area contributed by atoms with Crippen LogP contribution >= 0.6 is 0 Å². The van der Waals surface area contributed by atoms with Gasteiger partial charge in [0.1, 0.15) is 0 Å². The molecular formula is C45H40Cl2Zr-2. The Hall–Kier alpha value is -3.48. The summed E-state index contributed by atoms with van der Waals surface area (Å²) in [6, 6.07) is 59.0. The maximum absolute atomic E-state index is 3.48. The van der Waals surface area contributed by atoms with Crippen molar-refractivity contribution < 1.29 is 49.0 Å². The van der Waals surface area contributed by atoms with Gasteiger partial charge in [0.15, 0.2) is 0 Å². The molecule has 7 aromatic rings. The molecule has 0 atom stereocenters. The van der Waals surface area contributed by atoms with Crippen LogP contribution in [0, 0.1) is 6.07 Å². The third kappa shape index (κ3) is 7.55. The van der Waals surface area contributed by atoms with E-state index in [0.717, 1.165) is 6.42 Å². The van der Waals surface area contributed by atoms with Gasteiger partial charge in [-0.3, -0.25) is 0 Å². The molecule has 7 aromatic carbocycles. The van der Waals surface area contributed by atoms with Crippen molar-refractivity contribution in [1.82, 2.24) is 0 Å². The zero-order valence-corrected chi connectivity index (χ0v) is 31.9. The third-order valence-electron chi connectivity index (χ3n) is 9.40. The van der Waals surface area contributed by atoms with Crippen molar-refractivity contribution in [2.24, 2.45) is 0 Å². The van der Waals surface area contributed by atoms with Crippen molar-refractivity contribution in [3.05, 3.63) is 186 Å². The molecule has 0 unspecified atom stereocenters. The van der Waals surface area contributed by atoms with E-state index in [-0.39, 0.29) is 35.6 Å². The Morgan fingerprint density at radius 1 is 0.583 bits per heavy atom. The van der Waals surface area contributed by atoms with Gasteiger partial charge in [-0.2, -0.15) is 18.2 Å². The molecule has 0 fully saturated rings.